The first-order valence-corrected chi connectivity index (χ1v) is 2.44. The summed E-state index contributed by atoms with van der Waals surface area (Å²) < 4.78 is 0.481. The van der Waals surface area contributed by atoms with Gasteiger partial charge in [0.1, 0.15) is 0 Å². The summed E-state index contributed by atoms with van der Waals surface area (Å²) in [4.78, 5) is 10.00. The average Bonchev–Trinajstić information content (AvgIpc) is 1.21. The van der Waals surface area contributed by atoms with Crippen LogP contribution in [0.3, 0.4) is 0 Å². The van der Waals surface area contributed by atoms with Crippen LogP contribution in [0.5, 0.6) is 0 Å². The van der Waals surface area contributed by atoms with Gasteiger partial charge in [-0.05, 0) is 0 Å². The molecule has 0 radical (unpaired) electrons. The minimum absolute atomic E-state index is 0. The second-order valence-corrected chi connectivity index (χ2v) is 2.84. The van der Waals surface area contributed by atoms with Crippen molar-refractivity contribution < 1.29 is 19.9 Å². The highest BCUT2D eigenvalue weighted by Gasteiger charge is 2.11. The van der Waals surface area contributed by atoms with Crippen molar-refractivity contribution >= 4 is 15.9 Å². The summed E-state index contributed by atoms with van der Waals surface area (Å²) in [6, 6.07) is 0. The fourth-order valence-corrected chi connectivity index (χ4v) is 0.406. The third-order valence-electron chi connectivity index (χ3n) is 0.610. The van der Waals surface area contributed by atoms with Gasteiger partial charge >= 0.3 is 5.97 Å². The number of likely N-dealkylation sites (N-methyl/N-ethyl adjacent to an activating group) is 1. The van der Waals surface area contributed by atoms with Crippen molar-refractivity contribution in [3.05, 3.63) is 0 Å². The van der Waals surface area contributed by atoms with Crippen molar-refractivity contribution in [2.75, 3.05) is 27.7 Å². The highest BCUT2D eigenvalue weighted by atomic mass is 31.0. The van der Waals surface area contributed by atoms with Crippen LogP contribution in [0.4, 0.5) is 0 Å². The van der Waals surface area contributed by atoms with E-state index in [9.17, 15) is 4.79 Å². The summed E-state index contributed by atoms with van der Waals surface area (Å²) in [6.45, 7) is 0.181. The second kappa shape index (κ2) is 5.59. The summed E-state index contributed by atoms with van der Waals surface area (Å²) in [5, 5.41) is 8.23. The lowest BCUT2D eigenvalue weighted by Crippen LogP contribution is -2.39. The molecule has 0 rings (SSSR count). The minimum Gasteiger partial charge on any atom is -0.477 e. The van der Waals surface area contributed by atoms with Crippen LogP contribution in [0.25, 0.3) is 0 Å². The summed E-state index contributed by atoms with van der Waals surface area (Å²) in [6.07, 6.45) is 0. The van der Waals surface area contributed by atoms with Crippen LogP contribution in [-0.4, -0.2) is 48.7 Å². The first-order chi connectivity index (χ1) is 3.42. The zero-order valence-corrected chi connectivity index (χ0v) is 8.13. The summed E-state index contributed by atoms with van der Waals surface area (Å²) in [7, 11) is 5.52. The van der Waals surface area contributed by atoms with Gasteiger partial charge in [-0.1, -0.05) is 0 Å². The molecule has 64 valence electrons. The summed E-state index contributed by atoms with van der Waals surface area (Å²) in [5.74, 6) is -0.752. The molecule has 1 unspecified atom stereocenters. The van der Waals surface area contributed by atoms with Crippen LogP contribution in [0.15, 0.2) is 0 Å². The predicted octanol–water partition coefficient (Wildman–Crippen LogP) is -0.989. The highest BCUT2D eigenvalue weighted by molar-refractivity contribution is 6.92. The van der Waals surface area contributed by atoms with Crippen molar-refractivity contribution in [2.24, 2.45) is 0 Å². The van der Waals surface area contributed by atoms with Crippen LogP contribution in [-0.2, 0) is 4.79 Å². The number of carbonyl (C=O) groups is 1. The molecule has 0 aliphatic rings. The van der Waals surface area contributed by atoms with Crippen LogP contribution in [0, 0.1) is 0 Å². The van der Waals surface area contributed by atoms with Crippen molar-refractivity contribution in [1.82, 2.24) is 0 Å². The van der Waals surface area contributed by atoms with Gasteiger partial charge in [0, 0.05) is 0 Å². The molecule has 0 spiro atoms. The Hall–Kier alpha value is -0.180. The number of hydrogen-bond acceptors (Lipinski definition) is 1. The monoisotopic (exact) mass is 170 g/mol. The van der Waals surface area contributed by atoms with Gasteiger partial charge in [0.15, 0.2) is 6.54 Å². The van der Waals surface area contributed by atoms with E-state index in [4.69, 9.17) is 5.11 Å². The zero-order chi connectivity index (χ0) is 6.78. The maximum Gasteiger partial charge on any atom is 0.359 e. The van der Waals surface area contributed by atoms with Crippen LogP contribution in [0.1, 0.15) is 0 Å². The number of carboxylic acids is 1. The Morgan fingerprint density at radius 3 is 1.70 bits per heavy atom. The van der Waals surface area contributed by atoms with Gasteiger partial charge in [0.25, 0.3) is 0 Å². The van der Waals surface area contributed by atoms with Gasteiger partial charge in [-0.15, -0.1) is 0 Å². The molecular weight excluding hydrogens is 153 g/mol. The van der Waals surface area contributed by atoms with E-state index in [1.54, 1.807) is 0 Å². The molecule has 0 aromatic rings. The lowest BCUT2D eigenvalue weighted by molar-refractivity contribution is -0.862. The number of quaternary nitrogens is 1. The normalized spacial score (nSPS) is 9.10. The number of rotatable bonds is 2. The largest absolute Gasteiger partial charge is 0.477 e. The van der Waals surface area contributed by atoms with Crippen molar-refractivity contribution in [2.45, 2.75) is 0 Å². The van der Waals surface area contributed by atoms with Crippen LogP contribution < -0.4 is 0 Å². The third kappa shape index (κ3) is 15.7. The molecule has 5 heteroatoms. The van der Waals surface area contributed by atoms with Gasteiger partial charge < -0.3 is 15.1 Å². The molecule has 0 amide bonds. The first kappa shape index (κ1) is 16.4. The maximum absolute atomic E-state index is 10.00. The van der Waals surface area contributed by atoms with E-state index in [1.807, 2.05) is 21.1 Å². The minimum atomic E-state index is -0.752. The van der Waals surface area contributed by atoms with Crippen molar-refractivity contribution in [3.8, 4) is 0 Å². The maximum atomic E-state index is 10.00. The Morgan fingerprint density at radius 1 is 1.40 bits per heavy atom. The highest BCUT2D eigenvalue weighted by Crippen LogP contribution is 1.86. The van der Waals surface area contributed by atoms with E-state index in [0.29, 0.717) is 4.48 Å². The van der Waals surface area contributed by atoms with E-state index in [-0.39, 0.29) is 21.9 Å². The Labute approximate surface area is 64.4 Å². The summed E-state index contributed by atoms with van der Waals surface area (Å²) in [5.41, 5.74) is 0. The second-order valence-electron chi connectivity index (χ2n) is 2.84. The first-order valence-electron chi connectivity index (χ1n) is 2.44. The topological polar surface area (TPSA) is 68.8 Å². The van der Waals surface area contributed by atoms with E-state index in [1.165, 1.54) is 0 Å². The number of nitrogens with zero attached hydrogens (tertiary/aromatic N) is 1. The molecular formula is C5H17NO3P+. The number of hydrogen-bond donors (Lipinski definition) is 1. The van der Waals surface area contributed by atoms with E-state index < -0.39 is 5.97 Å². The average molecular weight is 170 g/mol. The standard InChI is InChI=1S/C5H11NO2.H2O.H3P/c1-6(2,3)4-5(7)8;;/h4H2,1-3H3;1H2;1H3/p+1. The molecule has 1 atom stereocenters. The molecule has 3 N–H and O–H groups in total. The Morgan fingerprint density at radius 2 is 1.70 bits per heavy atom. The quantitative estimate of drug-likeness (QED) is 0.427. The fourth-order valence-electron chi connectivity index (χ4n) is 0.406. The Balaban J connectivity index is -0.000000245. The van der Waals surface area contributed by atoms with Crippen molar-refractivity contribution in [3.63, 3.8) is 0 Å². The van der Waals surface area contributed by atoms with Gasteiger partial charge in [-0.25, -0.2) is 4.79 Å². The Kier molecular flexibility index (Phi) is 9.19. The number of aliphatic carboxylic acids is 1. The van der Waals surface area contributed by atoms with E-state index in [2.05, 4.69) is 0 Å². The van der Waals surface area contributed by atoms with Gasteiger partial charge in [-0.2, -0.15) is 9.90 Å². The molecule has 4 nitrogen and oxygen atoms in total. The third-order valence-corrected chi connectivity index (χ3v) is 0.610. The van der Waals surface area contributed by atoms with Gasteiger partial charge in [0.2, 0.25) is 0 Å². The molecule has 0 aliphatic carbocycles. The molecule has 0 aromatic carbocycles. The molecule has 0 aromatic heterocycles. The molecule has 0 saturated carbocycles. The van der Waals surface area contributed by atoms with Gasteiger partial charge in [-0.3, -0.25) is 0 Å². The zero-order valence-electron chi connectivity index (χ0n) is 6.72. The van der Waals surface area contributed by atoms with Crippen molar-refractivity contribution in [1.29, 1.82) is 0 Å². The molecule has 0 bridgehead atoms. The van der Waals surface area contributed by atoms with Gasteiger partial charge in [0.05, 0.1) is 21.1 Å². The summed E-state index contributed by atoms with van der Waals surface area (Å²) >= 11 is 0. The lowest BCUT2D eigenvalue weighted by atomic mass is 10.5. The Bertz CT molecular complexity index is 99.6. The fraction of sp³-hybridized carbons (Fsp3) is 0.800. The number of carboxylic acid groups (broad SMARTS) is 1. The van der Waals surface area contributed by atoms with Crippen LogP contribution in [0.2, 0.25) is 0 Å². The van der Waals surface area contributed by atoms with E-state index >= 15 is 0 Å². The lowest BCUT2D eigenvalue weighted by Gasteiger charge is -2.20. The van der Waals surface area contributed by atoms with Crippen LogP contribution >= 0.6 is 9.90 Å². The molecule has 0 fully saturated rings. The molecule has 10 heavy (non-hydrogen) atoms. The predicted molar refractivity (Wildman–Crippen MR) is 45.3 cm³/mol. The smallest absolute Gasteiger partial charge is 0.359 e. The molecule has 0 saturated heterocycles. The molecule has 0 heterocycles. The SMILES string of the molecule is C[N+](C)(C)CC(=O)O.O.P. The molecule has 0 aliphatic heterocycles. The van der Waals surface area contributed by atoms with E-state index in [0.717, 1.165) is 0 Å².